The predicted molar refractivity (Wildman–Crippen MR) is 114 cm³/mol. The molecule has 2 aromatic heterocycles. The van der Waals surface area contributed by atoms with Gasteiger partial charge in [0.25, 0.3) is 0 Å². The fourth-order valence-corrected chi connectivity index (χ4v) is 3.34. The van der Waals surface area contributed by atoms with Crippen molar-refractivity contribution in [2.45, 2.75) is 13.1 Å². The number of carbonyl (C=O) groups excluding carboxylic acids is 1. The van der Waals surface area contributed by atoms with E-state index in [0.29, 0.717) is 24.7 Å². The lowest BCUT2D eigenvalue weighted by Crippen LogP contribution is -2.32. The number of nitrogen functional groups attached to an aromatic ring is 1. The van der Waals surface area contributed by atoms with E-state index in [2.05, 4.69) is 42.7 Å². The van der Waals surface area contributed by atoms with Gasteiger partial charge in [0.2, 0.25) is 5.82 Å². The minimum Gasteiger partial charge on any atom is -0.383 e. The number of hydrogen-bond acceptors (Lipinski definition) is 8. The van der Waals surface area contributed by atoms with Crippen LogP contribution < -0.4 is 21.5 Å². The molecule has 3 heterocycles. The second-order valence-corrected chi connectivity index (χ2v) is 6.88. The Hall–Kier alpha value is -3.56. The monoisotopic (exact) mass is 405 g/mol. The second-order valence-electron chi connectivity index (χ2n) is 6.88. The third-order valence-electron chi connectivity index (χ3n) is 4.88. The number of amides is 1. The van der Waals surface area contributed by atoms with Gasteiger partial charge < -0.3 is 15.0 Å². The highest BCUT2D eigenvalue weighted by Crippen LogP contribution is 2.29. The number of ether oxygens (including phenoxy) is 1. The van der Waals surface area contributed by atoms with Crippen LogP contribution in [0.2, 0.25) is 0 Å². The number of benzene rings is 1. The summed E-state index contributed by atoms with van der Waals surface area (Å²) >= 11 is 0. The Bertz CT molecular complexity index is 1010. The SMILES string of the molecule is COCCNc1ccc(-c2cc(N3Cc4ccccc4C3)nc(C(=O)NN)n2)cn1. The van der Waals surface area contributed by atoms with Crippen molar-refractivity contribution in [1.82, 2.24) is 20.4 Å². The first-order valence-electron chi connectivity index (χ1n) is 9.59. The van der Waals surface area contributed by atoms with Crippen LogP contribution in [-0.2, 0) is 17.8 Å². The molecule has 9 heteroatoms. The Morgan fingerprint density at radius 3 is 2.57 bits per heavy atom. The number of nitrogens with two attached hydrogens (primary N) is 1. The summed E-state index contributed by atoms with van der Waals surface area (Å²) < 4.78 is 5.03. The van der Waals surface area contributed by atoms with E-state index in [1.807, 2.05) is 30.3 Å². The van der Waals surface area contributed by atoms with Gasteiger partial charge in [0.15, 0.2) is 0 Å². The van der Waals surface area contributed by atoms with Gasteiger partial charge in [-0.3, -0.25) is 10.2 Å². The van der Waals surface area contributed by atoms with Crippen LogP contribution in [0.4, 0.5) is 11.6 Å². The van der Waals surface area contributed by atoms with Crippen molar-refractivity contribution in [2.75, 3.05) is 30.5 Å². The van der Waals surface area contributed by atoms with E-state index in [-0.39, 0.29) is 5.82 Å². The summed E-state index contributed by atoms with van der Waals surface area (Å²) in [5, 5.41) is 3.17. The fourth-order valence-electron chi connectivity index (χ4n) is 3.34. The maximum Gasteiger partial charge on any atom is 0.303 e. The third-order valence-corrected chi connectivity index (χ3v) is 4.88. The number of nitrogens with zero attached hydrogens (tertiary/aromatic N) is 4. The molecule has 0 saturated heterocycles. The van der Waals surface area contributed by atoms with Gasteiger partial charge in [-0.2, -0.15) is 0 Å². The molecule has 0 unspecified atom stereocenters. The lowest BCUT2D eigenvalue weighted by molar-refractivity contribution is 0.0943. The molecule has 9 nitrogen and oxygen atoms in total. The largest absolute Gasteiger partial charge is 0.383 e. The zero-order chi connectivity index (χ0) is 20.9. The Balaban J connectivity index is 1.63. The predicted octanol–water partition coefficient (Wildman–Crippen LogP) is 1.72. The fraction of sp³-hybridized carbons (Fsp3) is 0.238. The quantitative estimate of drug-likeness (QED) is 0.235. The minimum absolute atomic E-state index is 0.0169. The average molecular weight is 405 g/mol. The summed E-state index contributed by atoms with van der Waals surface area (Å²) in [4.78, 5) is 27.5. The number of aromatic nitrogens is 3. The lowest BCUT2D eigenvalue weighted by Gasteiger charge is -2.18. The van der Waals surface area contributed by atoms with Crippen molar-refractivity contribution in [3.63, 3.8) is 0 Å². The molecular weight excluding hydrogens is 382 g/mol. The highest BCUT2D eigenvalue weighted by Gasteiger charge is 2.22. The van der Waals surface area contributed by atoms with Crippen molar-refractivity contribution in [1.29, 1.82) is 0 Å². The molecule has 3 aromatic rings. The summed E-state index contributed by atoms with van der Waals surface area (Å²) in [5.74, 6) is 6.20. The first kappa shape index (κ1) is 19.7. The van der Waals surface area contributed by atoms with E-state index in [1.54, 1.807) is 13.3 Å². The summed E-state index contributed by atoms with van der Waals surface area (Å²) in [6.07, 6.45) is 1.71. The van der Waals surface area contributed by atoms with E-state index in [1.165, 1.54) is 11.1 Å². The summed E-state index contributed by atoms with van der Waals surface area (Å²) in [6.45, 7) is 2.69. The van der Waals surface area contributed by atoms with Crippen LogP contribution in [-0.4, -0.2) is 41.1 Å². The molecule has 4 rings (SSSR count). The van der Waals surface area contributed by atoms with E-state index < -0.39 is 5.91 Å². The van der Waals surface area contributed by atoms with Gasteiger partial charge in [0, 0.05) is 44.6 Å². The highest BCUT2D eigenvalue weighted by atomic mass is 16.5. The number of hydrogen-bond donors (Lipinski definition) is 3. The van der Waals surface area contributed by atoms with Gasteiger partial charge in [-0.1, -0.05) is 24.3 Å². The van der Waals surface area contributed by atoms with Crippen molar-refractivity contribution in [3.05, 3.63) is 65.6 Å². The molecule has 1 aliphatic heterocycles. The topological polar surface area (TPSA) is 118 Å². The number of carbonyl (C=O) groups is 1. The Morgan fingerprint density at radius 2 is 1.93 bits per heavy atom. The first-order valence-corrected chi connectivity index (χ1v) is 9.59. The number of nitrogens with one attached hydrogen (secondary N) is 2. The molecule has 1 aromatic carbocycles. The zero-order valence-electron chi connectivity index (χ0n) is 16.6. The highest BCUT2D eigenvalue weighted by molar-refractivity contribution is 5.91. The van der Waals surface area contributed by atoms with Crippen LogP contribution in [0.5, 0.6) is 0 Å². The Morgan fingerprint density at radius 1 is 1.17 bits per heavy atom. The van der Waals surface area contributed by atoms with Crippen LogP contribution >= 0.6 is 0 Å². The number of rotatable bonds is 7. The number of anilines is 2. The van der Waals surface area contributed by atoms with Crippen molar-refractivity contribution < 1.29 is 9.53 Å². The standard InChI is InChI=1S/C21H23N7O2/c1-30-9-8-23-18-7-6-14(11-24-18)17-10-19(26-20(25-17)21(29)27-22)28-12-15-4-2-3-5-16(15)13-28/h2-7,10-11H,8-9,12-13,22H2,1H3,(H,23,24)(H,27,29). The van der Waals surface area contributed by atoms with Gasteiger partial charge in [-0.15, -0.1) is 0 Å². The van der Waals surface area contributed by atoms with Crippen LogP contribution in [0.1, 0.15) is 21.7 Å². The lowest BCUT2D eigenvalue weighted by atomic mass is 10.1. The summed E-state index contributed by atoms with van der Waals surface area (Å²) in [5.41, 5.74) is 5.98. The molecule has 0 spiro atoms. The van der Waals surface area contributed by atoms with Gasteiger partial charge in [-0.25, -0.2) is 20.8 Å². The van der Waals surface area contributed by atoms with Crippen molar-refractivity contribution in [3.8, 4) is 11.3 Å². The zero-order valence-corrected chi connectivity index (χ0v) is 16.6. The molecular formula is C21H23N7O2. The average Bonchev–Trinajstić information content (AvgIpc) is 3.23. The molecule has 1 aliphatic rings. The molecule has 0 aliphatic carbocycles. The van der Waals surface area contributed by atoms with Gasteiger partial charge >= 0.3 is 5.91 Å². The minimum atomic E-state index is -0.541. The maximum atomic E-state index is 12.2. The number of hydrazine groups is 1. The number of pyridine rings is 1. The van der Waals surface area contributed by atoms with E-state index in [9.17, 15) is 4.79 Å². The van der Waals surface area contributed by atoms with Crippen molar-refractivity contribution in [2.24, 2.45) is 5.84 Å². The number of fused-ring (bicyclic) bond motifs is 1. The summed E-state index contributed by atoms with van der Waals surface area (Å²) in [7, 11) is 1.65. The maximum absolute atomic E-state index is 12.2. The molecule has 1 amide bonds. The molecule has 0 fully saturated rings. The van der Waals surface area contributed by atoms with Crippen LogP contribution in [0, 0.1) is 0 Å². The van der Waals surface area contributed by atoms with E-state index in [0.717, 1.165) is 24.5 Å². The summed E-state index contributed by atoms with van der Waals surface area (Å²) in [6, 6.07) is 13.9. The molecule has 30 heavy (non-hydrogen) atoms. The van der Waals surface area contributed by atoms with Crippen LogP contribution in [0.25, 0.3) is 11.3 Å². The van der Waals surface area contributed by atoms with Gasteiger partial charge in [0.1, 0.15) is 11.6 Å². The van der Waals surface area contributed by atoms with Gasteiger partial charge in [-0.05, 0) is 23.3 Å². The first-order chi connectivity index (χ1) is 14.7. The van der Waals surface area contributed by atoms with E-state index in [4.69, 9.17) is 10.6 Å². The molecule has 4 N–H and O–H groups in total. The van der Waals surface area contributed by atoms with Crippen LogP contribution in [0.15, 0.2) is 48.7 Å². The molecule has 0 atom stereocenters. The Labute approximate surface area is 174 Å². The molecule has 0 bridgehead atoms. The normalized spacial score (nSPS) is 12.5. The second kappa shape index (κ2) is 8.85. The molecule has 0 saturated carbocycles. The molecule has 0 radical (unpaired) electrons. The number of methoxy groups -OCH3 is 1. The third kappa shape index (κ3) is 4.22. The smallest absolute Gasteiger partial charge is 0.303 e. The Kier molecular flexibility index (Phi) is 5.82. The molecule has 154 valence electrons. The van der Waals surface area contributed by atoms with Crippen LogP contribution in [0.3, 0.4) is 0 Å². The van der Waals surface area contributed by atoms with E-state index >= 15 is 0 Å². The van der Waals surface area contributed by atoms with Crippen molar-refractivity contribution >= 4 is 17.5 Å². The van der Waals surface area contributed by atoms with Gasteiger partial charge in [0.05, 0.1) is 12.3 Å².